The number of nitrogens with zero attached hydrogens (tertiary/aromatic N) is 1. The van der Waals surface area contributed by atoms with E-state index >= 15 is 0 Å². The van der Waals surface area contributed by atoms with Gasteiger partial charge in [-0.2, -0.15) is 0 Å². The largest absolute Gasteiger partial charge is 0.349 e. The van der Waals surface area contributed by atoms with Gasteiger partial charge < -0.3 is 9.47 Å². The van der Waals surface area contributed by atoms with Crippen molar-refractivity contribution in [2.45, 2.75) is 20.1 Å². The van der Waals surface area contributed by atoms with Crippen LogP contribution in [0.1, 0.15) is 25.7 Å². The topological polar surface area (TPSA) is 31.4 Å². The summed E-state index contributed by atoms with van der Waals surface area (Å²) in [5.74, 6) is 0. The minimum absolute atomic E-state index is 0.431. The predicted molar refractivity (Wildman–Crippen MR) is 72.7 cm³/mol. The summed E-state index contributed by atoms with van der Waals surface area (Å²) < 4.78 is 11.1. The summed E-state index contributed by atoms with van der Waals surface area (Å²) in [6.07, 6.45) is -0.454. The van der Waals surface area contributed by atoms with Gasteiger partial charge in [0.15, 0.2) is 6.29 Å². The second kappa shape index (κ2) is 6.14. The molecule has 96 valence electrons. The number of hydrogen-bond donors (Lipinski definition) is 0. The van der Waals surface area contributed by atoms with E-state index < -0.39 is 6.29 Å². The number of pyridine rings is 1. The predicted octanol–water partition coefficient (Wildman–Crippen LogP) is 3.96. The fourth-order valence-corrected chi connectivity index (χ4v) is 2.04. The third-order valence-corrected chi connectivity index (χ3v) is 2.90. The molecule has 1 heterocycles. The molecular formula is C14H16ClNO2. The second-order valence-corrected chi connectivity index (χ2v) is 4.16. The van der Waals surface area contributed by atoms with Gasteiger partial charge in [-0.25, -0.2) is 4.98 Å². The summed E-state index contributed by atoms with van der Waals surface area (Å²) in [4.78, 5) is 4.37. The maximum absolute atomic E-state index is 6.20. The van der Waals surface area contributed by atoms with E-state index in [9.17, 15) is 0 Å². The highest BCUT2D eigenvalue weighted by atomic mass is 35.5. The van der Waals surface area contributed by atoms with Crippen molar-refractivity contribution in [1.29, 1.82) is 0 Å². The lowest BCUT2D eigenvalue weighted by Gasteiger charge is -2.18. The Morgan fingerprint density at radius 2 is 1.83 bits per heavy atom. The van der Waals surface area contributed by atoms with E-state index in [0.717, 1.165) is 16.5 Å². The van der Waals surface area contributed by atoms with Crippen molar-refractivity contribution >= 4 is 22.5 Å². The molecule has 0 radical (unpaired) electrons. The average molecular weight is 266 g/mol. The van der Waals surface area contributed by atoms with E-state index in [2.05, 4.69) is 4.98 Å². The van der Waals surface area contributed by atoms with Crippen LogP contribution in [-0.4, -0.2) is 18.2 Å². The van der Waals surface area contributed by atoms with Crippen molar-refractivity contribution in [3.8, 4) is 0 Å². The first-order valence-corrected chi connectivity index (χ1v) is 6.42. The molecule has 0 bridgehead atoms. The number of fused-ring (bicyclic) bond motifs is 1. The van der Waals surface area contributed by atoms with E-state index in [0.29, 0.717) is 18.4 Å². The highest BCUT2D eigenvalue weighted by Crippen LogP contribution is 2.28. The van der Waals surface area contributed by atoms with Gasteiger partial charge in [-0.05, 0) is 26.0 Å². The summed E-state index contributed by atoms with van der Waals surface area (Å²) in [6.45, 7) is 4.98. The molecule has 0 aliphatic rings. The van der Waals surface area contributed by atoms with Crippen molar-refractivity contribution in [3.63, 3.8) is 0 Å². The number of para-hydroxylation sites is 1. The quantitative estimate of drug-likeness (QED) is 0.606. The molecule has 0 saturated heterocycles. The van der Waals surface area contributed by atoms with Crippen molar-refractivity contribution < 1.29 is 9.47 Å². The molecule has 0 aliphatic heterocycles. The molecule has 2 aromatic rings. The summed E-state index contributed by atoms with van der Waals surface area (Å²) >= 11 is 6.20. The minimum Gasteiger partial charge on any atom is -0.349 e. The number of aromatic nitrogens is 1. The van der Waals surface area contributed by atoms with Gasteiger partial charge in [0.05, 0.1) is 5.52 Å². The molecule has 0 unspecified atom stereocenters. The molecule has 4 heteroatoms. The Balaban J connectivity index is 2.44. The first-order valence-electron chi connectivity index (χ1n) is 6.04. The van der Waals surface area contributed by atoms with Crippen molar-refractivity contribution in [1.82, 2.24) is 4.98 Å². The summed E-state index contributed by atoms with van der Waals surface area (Å²) in [7, 11) is 0. The first kappa shape index (κ1) is 13.3. The summed E-state index contributed by atoms with van der Waals surface area (Å²) in [5, 5.41) is 1.46. The van der Waals surface area contributed by atoms with Crippen LogP contribution in [0.5, 0.6) is 0 Å². The zero-order valence-electron chi connectivity index (χ0n) is 10.5. The van der Waals surface area contributed by atoms with Crippen molar-refractivity contribution in [2.75, 3.05) is 13.2 Å². The van der Waals surface area contributed by atoms with E-state index in [-0.39, 0.29) is 0 Å². The lowest BCUT2D eigenvalue weighted by molar-refractivity contribution is -0.140. The SMILES string of the molecule is CCOC(OCC)c1cc2ccccc2nc1Cl. The molecule has 18 heavy (non-hydrogen) atoms. The lowest BCUT2D eigenvalue weighted by atomic mass is 10.1. The van der Waals surface area contributed by atoms with Crippen molar-refractivity contribution in [3.05, 3.63) is 41.0 Å². The standard InChI is InChI=1S/C14H16ClNO2/c1-3-17-14(18-4-2)11-9-10-7-5-6-8-12(10)16-13(11)15/h5-9,14H,3-4H2,1-2H3. The third-order valence-electron chi connectivity index (χ3n) is 2.59. The van der Waals surface area contributed by atoms with Gasteiger partial charge in [0.2, 0.25) is 0 Å². The van der Waals surface area contributed by atoms with E-state index in [1.165, 1.54) is 0 Å². The molecule has 0 aliphatic carbocycles. The average Bonchev–Trinajstić information content (AvgIpc) is 2.38. The number of hydrogen-bond acceptors (Lipinski definition) is 3. The molecule has 0 fully saturated rings. The molecule has 1 aromatic heterocycles. The van der Waals surface area contributed by atoms with Crippen LogP contribution in [0.4, 0.5) is 0 Å². The Bertz CT molecular complexity index is 524. The number of benzene rings is 1. The van der Waals surface area contributed by atoms with Crippen LogP contribution in [0, 0.1) is 0 Å². The molecule has 3 nitrogen and oxygen atoms in total. The molecule has 0 atom stereocenters. The fraction of sp³-hybridized carbons (Fsp3) is 0.357. The van der Waals surface area contributed by atoms with Gasteiger partial charge in [0.25, 0.3) is 0 Å². The van der Waals surface area contributed by atoms with Gasteiger partial charge in [-0.3, -0.25) is 0 Å². The van der Waals surface area contributed by atoms with E-state index in [1.54, 1.807) is 0 Å². The Labute approximate surface area is 112 Å². The first-order chi connectivity index (χ1) is 8.76. The highest BCUT2D eigenvalue weighted by Gasteiger charge is 2.16. The van der Waals surface area contributed by atoms with Gasteiger partial charge in [0.1, 0.15) is 5.15 Å². The maximum Gasteiger partial charge on any atom is 0.186 e. The Morgan fingerprint density at radius 1 is 1.17 bits per heavy atom. The Morgan fingerprint density at radius 3 is 2.50 bits per heavy atom. The molecule has 0 amide bonds. The number of halogens is 1. The molecular weight excluding hydrogens is 250 g/mol. The van der Waals surface area contributed by atoms with Gasteiger partial charge in [-0.1, -0.05) is 29.8 Å². The third kappa shape index (κ3) is 2.80. The number of rotatable bonds is 5. The van der Waals surface area contributed by atoms with Gasteiger partial charge >= 0.3 is 0 Å². The monoisotopic (exact) mass is 265 g/mol. The summed E-state index contributed by atoms with van der Waals surface area (Å²) in [5.41, 5.74) is 1.65. The Kier molecular flexibility index (Phi) is 4.53. The molecule has 0 N–H and O–H groups in total. The lowest BCUT2D eigenvalue weighted by Crippen LogP contribution is -2.10. The van der Waals surface area contributed by atoms with Crippen LogP contribution in [0.3, 0.4) is 0 Å². The van der Waals surface area contributed by atoms with E-state index in [1.807, 2.05) is 44.2 Å². The van der Waals surface area contributed by atoms with Crippen LogP contribution >= 0.6 is 11.6 Å². The normalized spacial score (nSPS) is 11.3. The molecule has 1 aromatic carbocycles. The highest BCUT2D eigenvalue weighted by molar-refractivity contribution is 6.30. The number of ether oxygens (including phenoxy) is 2. The van der Waals surface area contributed by atoms with Gasteiger partial charge in [0, 0.05) is 24.2 Å². The zero-order chi connectivity index (χ0) is 13.0. The zero-order valence-corrected chi connectivity index (χ0v) is 11.3. The van der Waals surface area contributed by atoms with E-state index in [4.69, 9.17) is 21.1 Å². The minimum atomic E-state index is -0.454. The van der Waals surface area contributed by atoms with Crippen LogP contribution < -0.4 is 0 Å². The van der Waals surface area contributed by atoms with Crippen LogP contribution in [-0.2, 0) is 9.47 Å². The van der Waals surface area contributed by atoms with Crippen LogP contribution in [0.2, 0.25) is 5.15 Å². The molecule has 0 spiro atoms. The fourth-order valence-electron chi connectivity index (χ4n) is 1.80. The second-order valence-electron chi connectivity index (χ2n) is 3.80. The maximum atomic E-state index is 6.20. The summed E-state index contributed by atoms with van der Waals surface area (Å²) in [6, 6.07) is 9.81. The molecule has 2 rings (SSSR count). The van der Waals surface area contributed by atoms with Crippen LogP contribution in [0.25, 0.3) is 10.9 Å². The van der Waals surface area contributed by atoms with Crippen LogP contribution in [0.15, 0.2) is 30.3 Å². The Hall–Kier alpha value is -1.16. The smallest absolute Gasteiger partial charge is 0.186 e. The van der Waals surface area contributed by atoms with Gasteiger partial charge in [-0.15, -0.1) is 0 Å². The molecule has 0 saturated carbocycles. The van der Waals surface area contributed by atoms with Crippen molar-refractivity contribution in [2.24, 2.45) is 0 Å².